The molecule has 70 valence electrons. The number of rotatable bonds is 2. The van der Waals surface area contributed by atoms with Crippen molar-refractivity contribution in [2.24, 2.45) is 5.73 Å². The van der Waals surface area contributed by atoms with Crippen LogP contribution in [0.4, 0.5) is 4.39 Å². The summed E-state index contributed by atoms with van der Waals surface area (Å²) in [6.45, 7) is 0.491. The van der Waals surface area contributed by atoms with Crippen LogP contribution in [-0.4, -0.2) is 17.7 Å². The zero-order valence-electron chi connectivity index (χ0n) is 7.41. The Morgan fingerprint density at radius 2 is 2.31 bits per heavy atom. The highest BCUT2D eigenvalue weighted by atomic mass is 19.1. The fourth-order valence-corrected chi connectivity index (χ4v) is 1.95. The molecule has 1 aliphatic carbocycles. The van der Waals surface area contributed by atoms with Gasteiger partial charge >= 0.3 is 0 Å². The number of hydrogen-bond acceptors (Lipinski definition) is 2. The summed E-state index contributed by atoms with van der Waals surface area (Å²) in [5, 5.41) is 0. The van der Waals surface area contributed by atoms with Crippen LogP contribution >= 0.6 is 0 Å². The lowest BCUT2D eigenvalue weighted by molar-refractivity contribution is 0.0964. The van der Waals surface area contributed by atoms with Crippen molar-refractivity contribution < 1.29 is 4.39 Å². The predicted octanol–water partition coefficient (Wildman–Crippen LogP) is 1.41. The van der Waals surface area contributed by atoms with Crippen LogP contribution in [0.5, 0.6) is 0 Å². The molecule has 1 aromatic heterocycles. The van der Waals surface area contributed by atoms with Crippen molar-refractivity contribution in [2.45, 2.75) is 24.4 Å². The maximum absolute atomic E-state index is 12.8. The molecule has 1 fully saturated rings. The van der Waals surface area contributed by atoms with E-state index in [1.807, 2.05) is 18.2 Å². The first-order chi connectivity index (χ1) is 6.27. The van der Waals surface area contributed by atoms with E-state index in [4.69, 9.17) is 5.73 Å². The van der Waals surface area contributed by atoms with Gasteiger partial charge in [0.15, 0.2) is 0 Å². The van der Waals surface area contributed by atoms with Crippen LogP contribution < -0.4 is 5.73 Å². The van der Waals surface area contributed by atoms with Crippen LogP contribution in [0.2, 0.25) is 0 Å². The third kappa shape index (κ3) is 1.33. The molecule has 3 heteroatoms. The zero-order valence-corrected chi connectivity index (χ0v) is 7.41. The number of pyridine rings is 1. The molecule has 1 heterocycles. The number of nitrogens with two attached hydrogens (primary N) is 1. The molecule has 13 heavy (non-hydrogen) atoms. The second kappa shape index (κ2) is 3.07. The highest BCUT2D eigenvalue weighted by Gasteiger charge is 2.45. The lowest BCUT2D eigenvalue weighted by Crippen LogP contribution is -2.48. The third-order valence-corrected chi connectivity index (χ3v) is 2.82. The zero-order chi connectivity index (χ0) is 9.31. The summed E-state index contributed by atoms with van der Waals surface area (Å²) in [5.41, 5.74) is 6.41. The van der Waals surface area contributed by atoms with E-state index in [0.29, 0.717) is 19.4 Å². The van der Waals surface area contributed by atoms with Gasteiger partial charge in [-0.15, -0.1) is 0 Å². The minimum absolute atomic E-state index is 0.180. The molecular formula is C10H13FN2. The van der Waals surface area contributed by atoms with E-state index >= 15 is 0 Å². The second-order valence-corrected chi connectivity index (χ2v) is 3.70. The minimum atomic E-state index is -0.689. The number of halogens is 1. The van der Waals surface area contributed by atoms with E-state index in [9.17, 15) is 4.39 Å². The van der Waals surface area contributed by atoms with Gasteiger partial charge in [-0.25, -0.2) is 4.39 Å². The Morgan fingerprint density at radius 1 is 1.54 bits per heavy atom. The first kappa shape index (κ1) is 8.63. The van der Waals surface area contributed by atoms with Crippen molar-refractivity contribution in [2.75, 3.05) is 6.54 Å². The van der Waals surface area contributed by atoms with Gasteiger partial charge in [0.1, 0.15) is 6.17 Å². The van der Waals surface area contributed by atoms with Gasteiger partial charge in [-0.05, 0) is 25.0 Å². The van der Waals surface area contributed by atoms with Gasteiger partial charge < -0.3 is 5.73 Å². The molecule has 0 unspecified atom stereocenters. The van der Waals surface area contributed by atoms with Gasteiger partial charge in [-0.3, -0.25) is 4.98 Å². The van der Waals surface area contributed by atoms with E-state index in [0.717, 1.165) is 5.69 Å². The molecule has 1 aliphatic rings. The van der Waals surface area contributed by atoms with Crippen molar-refractivity contribution in [3.05, 3.63) is 30.1 Å². The van der Waals surface area contributed by atoms with Gasteiger partial charge in [0.2, 0.25) is 0 Å². The van der Waals surface area contributed by atoms with E-state index in [1.54, 1.807) is 6.20 Å². The van der Waals surface area contributed by atoms with Gasteiger partial charge in [-0.1, -0.05) is 6.07 Å². The summed E-state index contributed by atoms with van der Waals surface area (Å²) < 4.78 is 12.8. The van der Waals surface area contributed by atoms with Crippen molar-refractivity contribution in [1.29, 1.82) is 0 Å². The molecular weight excluding hydrogens is 167 g/mol. The first-order valence-corrected chi connectivity index (χ1v) is 4.52. The summed E-state index contributed by atoms with van der Waals surface area (Å²) in [6, 6.07) is 5.71. The van der Waals surface area contributed by atoms with Crippen molar-refractivity contribution in [1.82, 2.24) is 4.98 Å². The summed E-state index contributed by atoms with van der Waals surface area (Å²) >= 11 is 0. The van der Waals surface area contributed by atoms with Gasteiger partial charge in [0.05, 0.1) is 0 Å². The van der Waals surface area contributed by atoms with E-state index in [2.05, 4.69) is 4.98 Å². The number of alkyl halides is 1. The molecule has 0 aliphatic heterocycles. The molecule has 0 saturated heterocycles. The third-order valence-electron chi connectivity index (χ3n) is 2.82. The smallest absolute Gasteiger partial charge is 0.102 e. The summed E-state index contributed by atoms with van der Waals surface area (Å²) in [6.07, 6.45) is 2.10. The van der Waals surface area contributed by atoms with Crippen molar-refractivity contribution in [3.8, 4) is 0 Å². The molecule has 2 rings (SSSR count). The average molecular weight is 180 g/mol. The number of aromatic nitrogens is 1. The molecule has 2 nitrogen and oxygen atoms in total. The van der Waals surface area contributed by atoms with E-state index < -0.39 is 6.17 Å². The van der Waals surface area contributed by atoms with Crippen LogP contribution in [0, 0.1) is 0 Å². The summed E-state index contributed by atoms with van der Waals surface area (Å²) in [5.74, 6) is 0. The summed E-state index contributed by atoms with van der Waals surface area (Å²) in [4.78, 5) is 4.23. The van der Waals surface area contributed by atoms with Crippen LogP contribution in [0.1, 0.15) is 18.5 Å². The monoisotopic (exact) mass is 180 g/mol. The lowest BCUT2D eigenvalue weighted by atomic mass is 9.65. The van der Waals surface area contributed by atoms with Crippen molar-refractivity contribution in [3.63, 3.8) is 0 Å². The lowest BCUT2D eigenvalue weighted by Gasteiger charge is -2.42. The quantitative estimate of drug-likeness (QED) is 0.747. The summed E-state index contributed by atoms with van der Waals surface area (Å²) in [7, 11) is 0. The maximum Gasteiger partial charge on any atom is 0.102 e. The predicted molar refractivity (Wildman–Crippen MR) is 49.1 cm³/mol. The standard InChI is InChI=1S/C10H13FN2/c11-8-5-10(6-8,7-12)9-3-1-2-4-13-9/h1-4,8H,5-7,12H2. The Hall–Kier alpha value is -0.960. The maximum atomic E-state index is 12.8. The van der Waals surface area contributed by atoms with Crippen LogP contribution in [-0.2, 0) is 5.41 Å². The number of hydrogen-bond donors (Lipinski definition) is 1. The van der Waals surface area contributed by atoms with E-state index in [-0.39, 0.29) is 5.41 Å². The fourth-order valence-electron chi connectivity index (χ4n) is 1.95. The Bertz CT molecular complexity index is 280. The highest BCUT2D eigenvalue weighted by molar-refractivity contribution is 5.23. The van der Waals surface area contributed by atoms with E-state index in [1.165, 1.54) is 0 Å². The topological polar surface area (TPSA) is 38.9 Å². The van der Waals surface area contributed by atoms with Crippen molar-refractivity contribution >= 4 is 0 Å². The fraction of sp³-hybridized carbons (Fsp3) is 0.500. The van der Waals surface area contributed by atoms with Gasteiger partial charge in [0.25, 0.3) is 0 Å². The minimum Gasteiger partial charge on any atom is -0.330 e. The Labute approximate surface area is 77.0 Å². The van der Waals surface area contributed by atoms with Gasteiger partial charge in [-0.2, -0.15) is 0 Å². The van der Waals surface area contributed by atoms with Crippen LogP contribution in [0.25, 0.3) is 0 Å². The van der Waals surface area contributed by atoms with Crippen LogP contribution in [0.3, 0.4) is 0 Å². The van der Waals surface area contributed by atoms with Gasteiger partial charge in [0, 0.05) is 23.9 Å². The molecule has 0 aromatic carbocycles. The molecule has 1 saturated carbocycles. The Balaban J connectivity index is 2.24. The molecule has 0 radical (unpaired) electrons. The molecule has 0 amide bonds. The molecule has 0 bridgehead atoms. The highest BCUT2D eigenvalue weighted by Crippen LogP contribution is 2.43. The first-order valence-electron chi connectivity index (χ1n) is 4.52. The SMILES string of the molecule is NCC1(c2ccccn2)CC(F)C1. The molecule has 0 atom stereocenters. The largest absolute Gasteiger partial charge is 0.330 e. The van der Waals surface area contributed by atoms with Crippen LogP contribution in [0.15, 0.2) is 24.4 Å². The Morgan fingerprint density at radius 3 is 2.77 bits per heavy atom. The Kier molecular flexibility index (Phi) is 2.04. The normalized spacial score (nSPS) is 32.6. The molecule has 0 spiro atoms. The second-order valence-electron chi connectivity index (χ2n) is 3.70. The molecule has 2 N–H and O–H groups in total. The average Bonchev–Trinajstić information content (AvgIpc) is 2.14. The molecule has 1 aromatic rings. The number of nitrogens with zero attached hydrogens (tertiary/aromatic N) is 1.